The standard InChI is InChI=1S/C34H22N4/c1-3-8-26-21-30(14-12-23(26)6-1)33-36-32(29-11-5-10-28(20-29)25-16-18-35-19-17-25)37-34(38-33)31-15-13-24-7-2-4-9-27(24)22-31/h1-22H. The predicted molar refractivity (Wildman–Crippen MR) is 154 cm³/mol. The van der Waals surface area contributed by atoms with Crippen LogP contribution in [0.2, 0.25) is 0 Å². The first-order valence-electron chi connectivity index (χ1n) is 12.6. The molecule has 0 bridgehead atoms. The molecule has 7 aromatic rings. The summed E-state index contributed by atoms with van der Waals surface area (Å²) in [5.74, 6) is 1.94. The Morgan fingerprint density at radius 3 is 1.34 bits per heavy atom. The third-order valence-electron chi connectivity index (χ3n) is 6.79. The number of rotatable bonds is 4. The fourth-order valence-corrected chi connectivity index (χ4v) is 4.80. The molecule has 0 spiro atoms. The minimum absolute atomic E-state index is 0.641. The minimum Gasteiger partial charge on any atom is -0.265 e. The number of pyridine rings is 1. The van der Waals surface area contributed by atoms with Gasteiger partial charge in [-0.3, -0.25) is 4.98 Å². The molecule has 0 fully saturated rings. The van der Waals surface area contributed by atoms with Crippen LogP contribution in [-0.2, 0) is 0 Å². The van der Waals surface area contributed by atoms with Crippen LogP contribution >= 0.6 is 0 Å². The monoisotopic (exact) mass is 486 g/mol. The topological polar surface area (TPSA) is 51.6 Å². The van der Waals surface area contributed by atoms with Gasteiger partial charge in [-0.15, -0.1) is 0 Å². The second-order valence-corrected chi connectivity index (χ2v) is 9.25. The lowest BCUT2D eigenvalue weighted by molar-refractivity contribution is 1.08. The molecule has 2 heterocycles. The lowest BCUT2D eigenvalue weighted by atomic mass is 10.0. The van der Waals surface area contributed by atoms with Crippen molar-refractivity contribution in [3.05, 3.63) is 134 Å². The van der Waals surface area contributed by atoms with Crippen LogP contribution in [0, 0.1) is 0 Å². The van der Waals surface area contributed by atoms with Gasteiger partial charge in [0.15, 0.2) is 17.5 Å². The van der Waals surface area contributed by atoms with Crippen molar-refractivity contribution in [3.8, 4) is 45.3 Å². The zero-order valence-corrected chi connectivity index (χ0v) is 20.5. The molecule has 7 rings (SSSR count). The normalized spacial score (nSPS) is 11.2. The summed E-state index contributed by atoms with van der Waals surface area (Å²) < 4.78 is 0. The van der Waals surface area contributed by atoms with Gasteiger partial charge in [0.2, 0.25) is 0 Å². The molecule has 0 amide bonds. The van der Waals surface area contributed by atoms with E-state index in [9.17, 15) is 0 Å². The first kappa shape index (κ1) is 22.0. The van der Waals surface area contributed by atoms with Crippen molar-refractivity contribution < 1.29 is 0 Å². The molecule has 4 nitrogen and oxygen atoms in total. The molecule has 0 saturated carbocycles. The number of hydrogen-bond acceptors (Lipinski definition) is 4. The zero-order chi connectivity index (χ0) is 25.3. The molecular weight excluding hydrogens is 464 g/mol. The molecule has 0 radical (unpaired) electrons. The fourth-order valence-electron chi connectivity index (χ4n) is 4.80. The van der Waals surface area contributed by atoms with Crippen LogP contribution in [0.5, 0.6) is 0 Å². The van der Waals surface area contributed by atoms with E-state index in [1.165, 1.54) is 10.8 Å². The Morgan fingerprint density at radius 1 is 0.316 bits per heavy atom. The molecule has 0 atom stereocenters. The van der Waals surface area contributed by atoms with E-state index in [0.717, 1.165) is 38.6 Å². The average Bonchev–Trinajstić information content (AvgIpc) is 3.01. The fraction of sp³-hybridized carbons (Fsp3) is 0. The van der Waals surface area contributed by atoms with E-state index in [1.54, 1.807) is 12.4 Å². The maximum absolute atomic E-state index is 4.97. The average molecular weight is 487 g/mol. The summed E-state index contributed by atoms with van der Waals surface area (Å²) in [7, 11) is 0. The molecule has 0 aliphatic carbocycles. The van der Waals surface area contributed by atoms with Gasteiger partial charge in [0.25, 0.3) is 0 Å². The zero-order valence-electron chi connectivity index (χ0n) is 20.5. The minimum atomic E-state index is 0.641. The maximum atomic E-state index is 4.97. The van der Waals surface area contributed by atoms with Gasteiger partial charge in [-0.1, -0.05) is 91.0 Å². The van der Waals surface area contributed by atoms with Crippen LogP contribution in [0.4, 0.5) is 0 Å². The third-order valence-corrected chi connectivity index (χ3v) is 6.79. The van der Waals surface area contributed by atoms with Crippen molar-refractivity contribution in [2.24, 2.45) is 0 Å². The summed E-state index contributed by atoms with van der Waals surface area (Å²) >= 11 is 0. The Balaban J connectivity index is 1.42. The van der Waals surface area contributed by atoms with Gasteiger partial charge >= 0.3 is 0 Å². The summed E-state index contributed by atoms with van der Waals surface area (Å²) in [6, 6.07) is 41.7. The van der Waals surface area contributed by atoms with Gasteiger partial charge in [0.1, 0.15) is 0 Å². The number of nitrogens with zero attached hydrogens (tertiary/aromatic N) is 4. The Bertz CT molecular complexity index is 1830. The molecule has 0 unspecified atom stereocenters. The van der Waals surface area contributed by atoms with Crippen LogP contribution in [-0.4, -0.2) is 19.9 Å². The van der Waals surface area contributed by atoms with Crippen molar-refractivity contribution in [3.63, 3.8) is 0 Å². The van der Waals surface area contributed by atoms with Crippen LogP contribution in [0.1, 0.15) is 0 Å². The summed E-state index contributed by atoms with van der Waals surface area (Å²) in [6.07, 6.45) is 3.61. The highest BCUT2D eigenvalue weighted by Crippen LogP contribution is 2.30. The van der Waals surface area contributed by atoms with Crippen LogP contribution < -0.4 is 0 Å². The molecule has 178 valence electrons. The van der Waals surface area contributed by atoms with Gasteiger partial charge in [-0.05, 0) is 63.0 Å². The van der Waals surface area contributed by atoms with Crippen molar-refractivity contribution >= 4 is 21.5 Å². The molecular formula is C34H22N4. The first-order valence-corrected chi connectivity index (χ1v) is 12.6. The summed E-state index contributed by atoms with van der Waals surface area (Å²) in [6.45, 7) is 0. The first-order chi connectivity index (χ1) is 18.8. The SMILES string of the molecule is c1cc(-c2ccncc2)cc(-c2nc(-c3ccc4ccccc4c3)nc(-c3ccc4ccccc4c3)n2)c1. The number of fused-ring (bicyclic) bond motifs is 2. The maximum Gasteiger partial charge on any atom is 0.164 e. The second-order valence-electron chi connectivity index (χ2n) is 9.25. The van der Waals surface area contributed by atoms with Crippen LogP contribution in [0.3, 0.4) is 0 Å². The van der Waals surface area contributed by atoms with E-state index in [4.69, 9.17) is 15.0 Å². The largest absolute Gasteiger partial charge is 0.265 e. The Hall–Kier alpha value is -5.22. The van der Waals surface area contributed by atoms with E-state index < -0.39 is 0 Å². The highest BCUT2D eigenvalue weighted by molar-refractivity contribution is 5.88. The Kier molecular flexibility index (Phi) is 5.41. The highest BCUT2D eigenvalue weighted by atomic mass is 15.0. The van der Waals surface area contributed by atoms with E-state index in [1.807, 2.05) is 24.3 Å². The molecule has 0 N–H and O–H groups in total. The van der Waals surface area contributed by atoms with Gasteiger partial charge in [0, 0.05) is 29.1 Å². The molecule has 4 heteroatoms. The highest BCUT2D eigenvalue weighted by Gasteiger charge is 2.14. The summed E-state index contributed by atoms with van der Waals surface area (Å²) in [5.41, 5.74) is 5.04. The van der Waals surface area contributed by atoms with Crippen LogP contribution in [0.15, 0.2) is 134 Å². The smallest absolute Gasteiger partial charge is 0.164 e. The Labute approximate surface area is 220 Å². The number of benzene rings is 5. The van der Waals surface area contributed by atoms with Crippen LogP contribution in [0.25, 0.3) is 66.8 Å². The lowest BCUT2D eigenvalue weighted by Gasteiger charge is -2.10. The van der Waals surface area contributed by atoms with Gasteiger partial charge in [-0.25, -0.2) is 15.0 Å². The van der Waals surface area contributed by atoms with E-state index in [0.29, 0.717) is 17.5 Å². The summed E-state index contributed by atoms with van der Waals surface area (Å²) in [5, 5.41) is 4.67. The molecule has 0 aliphatic heterocycles. The molecule has 5 aromatic carbocycles. The third kappa shape index (κ3) is 4.18. The van der Waals surface area contributed by atoms with Crippen molar-refractivity contribution in [2.75, 3.05) is 0 Å². The predicted octanol–water partition coefficient (Wildman–Crippen LogP) is 8.24. The molecule has 0 saturated heterocycles. The number of hydrogen-bond donors (Lipinski definition) is 0. The Morgan fingerprint density at radius 2 is 0.789 bits per heavy atom. The molecule has 38 heavy (non-hydrogen) atoms. The van der Waals surface area contributed by atoms with E-state index in [2.05, 4.69) is 102 Å². The van der Waals surface area contributed by atoms with E-state index >= 15 is 0 Å². The quantitative estimate of drug-likeness (QED) is 0.251. The molecule has 2 aromatic heterocycles. The van der Waals surface area contributed by atoms with Gasteiger partial charge < -0.3 is 0 Å². The van der Waals surface area contributed by atoms with Gasteiger partial charge in [0.05, 0.1) is 0 Å². The van der Waals surface area contributed by atoms with Crippen molar-refractivity contribution in [1.82, 2.24) is 19.9 Å². The van der Waals surface area contributed by atoms with Crippen molar-refractivity contribution in [1.29, 1.82) is 0 Å². The van der Waals surface area contributed by atoms with Crippen molar-refractivity contribution in [2.45, 2.75) is 0 Å². The molecule has 0 aliphatic rings. The number of aromatic nitrogens is 4. The lowest BCUT2D eigenvalue weighted by Crippen LogP contribution is -2.00. The summed E-state index contributed by atoms with van der Waals surface area (Å²) in [4.78, 5) is 19.1. The van der Waals surface area contributed by atoms with Gasteiger partial charge in [-0.2, -0.15) is 0 Å². The van der Waals surface area contributed by atoms with E-state index in [-0.39, 0.29) is 0 Å². The second kappa shape index (κ2) is 9.34.